The van der Waals surface area contributed by atoms with E-state index >= 15 is 0 Å². The van der Waals surface area contributed by atoms with E-state index in [0.29, 0.717) is 5.92 Å². The van der Waals surface area contributed by atoms with Crippen molar-refractivity contribution in [3.8, 4) is 16.9 Å². The van der Waals surface area contributed by atoms with E-state index in [-0.39, 0.29) is 0 Å². The van der Waals surface area contributed by atoms with Crippen LogP contribution in [0.5, 0.6) is 5.75 Å². The molecule has 0 spiro atoms. The molecule has 4 nitrogen and oxygen atoms in total. The molecule has 3 aromatic rings. The predicted molar refractivity (Wildman–Crippen MR) is 112 cm³/mol. The molecule has 1 N–H and O–H groups in total. The minimum atomic E-state index is 0.505. The Kier molecular flexibility index (Phi) is 4.65. The largest absolute Gasteiger partial charge is 0.493 e. The van der Waals surface area contributed by atoms with Crippen LogP contribution >= 0.6 is 0 Å². The van der Waals surface area contributed by atoms with Gasteiger partial charge in [-0.2, -0.15) is 5.10 Å². The molecular weight excluding hydrogens is 346 g/mol. The smallest absolute Gasteiger partial charge is 0.122 e. The van der Waals surface area contributed by atoms with Gasteiger partial charge in [-0.3, -0.25) is 10.00 Å². The van der Waals surface area contributed by atoms with E-state index in [4.69, 9.17) is 4.74 Å². The van der Waals surface area contributed by atoms with Crippen molar-refractivity contribution in [1.82, 2.24) is 15.1 Å². The normalized spacial score (nSPS) is 19.4. The fourth-order valence-corrected chi connectivity index (χ4v) is 4.60. The van der Waals surface area contributed by atoms with Crippen molar-refractivity contribution in [3.05, 3.63) is 71.0 Å². The molecule has 2 aromatic carbocycles. The number of H-pyrrole nitrogens is 1. The Bertz CT molecular complexity index is 960. The van der Waals surface area contributed by atoms with Crippen molar-refractivity contribution >= 4 is 0 Å². The fourth-order valence-electron chi connectivity index (χ4n) is 4.60. The Hall–Kier alpha value is -2.59. The SMILES string of the molecule is Cc1ccc(-c2cn[nH]c2[C@H]2CCCN(Cc3ccc4c(c3)CCO4)C2)cc1. The van der Waals surface area contributed by atoms with Gasteiger partial charge in [0, 0.05) is 36.7 Å². The first-order valence-electron chi connectivity index (χ1n) is 10.3. The summed E-state index contributed by atoms with van der Waals surface area (Å²) in [6.07, 6.45) is 5.47. The second kappa shape index (κ2) is 7.44. The second-order valence-corrected chi connectivity index (χ2v) is 8.18. The second-order valence-electron chi connectivity index (χ2n) is 8.18. The number of rotatable bonds is 4. The van der Waals surface area contributed by atoms with Crippen LogP contribution in [0.3, 0.4) is 0 Å². The molecule has 1 saturated heterocycles. The highest BCUT2D eigenvalue weighted by atomic mass is 16.5. The highest BCUT2D eigenvalue weighted by Crippen LogP contribution is 2.34. The number of benzene rings is 2. The van der Waals surface area contributed by atoms with Crippen LogP contribution in [0.1, 0.15) is 41.1 Å². The van der Waals surface area contributed by atoms with E-state index in [1.165, 1.54) is 46.4 Å². The quantitative estimate of drug-likeness (QED) is 0.721. The van der Waals surface area contributed by atoms with Crippen LogP contribution in [0.25, 0.3) is 11.1 Å². The Morgan fingerprint density at radius 2 is 2.07 bits per heavy atom. The third-order valence-corrected chi connectivity index (χ3v) is 6.11. The molecule has 5 rings (SSSR count). The van der Waals surface area contributed by atoms with Crippen LogP contribution in [-0.2, 0) is 13.0 Å². The zero-order valence-corrected chi connectivity index (χ0v) is 16.4. The average molecular weight is 374 g/mol. The number of aromatic amines is 1. The third kappa shape index (κ3) is 3.45. The monoisotopic (exact) mass is 373 g/mol. The number of piperidine rings is 1. The summed E-state index contributed by atoms with van der Waals surface area (Å²) in [5, 5.41) is 7.70. The summed E-state index contributed by atoms with van der Waals surface area (Å²) in [5.41, 5.74) is 7.84. The predicted octanol–water partition coefficient (Wildman–Crippen LogP) is 4.70. The number of likely N-dealkylation sites (tertiary alicyclic amines) is 1. The van der Waals surface area contributed by atoms with E-state index in [1.54, 1.807) is 0 Å². The molecule has 4 heteroatoms. The summed E-state index contributed by atoms with van der Waals surface area (Å²) < 4.78 is 5.65. The number of nitrogens with zero attached hydrogens (tertiary/aromatic N) is 2. The van der Waals surface area contributed by atoms with Crippen molar-refractivity contribution in [2.24, 2.45) is 0 Å². The van der Waals surface area contributed by atoms with E-state index in [0.717, 1.165) is 38.4 Å². The van der Waals surface area contributed by atoms with Crippen molar-refractivity contribution in [2.75, 3.05) is 19.7 Å². The number of fused-ring (bicyclic) bond motifs is 1. The fraction of sp³-hybridized carbons (Fsp3) is 0.375. The molecule has 0 unspecified atom stereocenters. The van der Waals surface area contributed by atoms with Crippen LogP contribution in [0, 0.1) is 6.92 Å². The highest BCUT2D eigenvalue weighted by molar-refractivity contribution is 5.66. The van der Waals surface area contributed by atoms with Gasteiger partial charge in [-0.25, -0.2) is 0 Å². The molecule has 0 saturated carbocycles. The van der Waals surface area contributed by atoms with Gasteiger partial charge in [0.2, 0.25) is 0 Å². The Labute approximate surface area is 166 Å². The topological polar surface area (TPSA) is 41.2 Å². The number of hydrogen-bond acceptors (Lipinski definition) is 3. The van der Waals surface area contributed by atoms with Gasteiger partial charge in [-0.05, 0) is 49.1 Å². The molecule has 0 aliphatic carbocycles. The minimum Gasteiger partial charge on any atom is -0.493 e. The molecule has 1 atom stereocenters. The average Bonchev–Trinajstić information content (AvgIpc) is 3.38. The molecule has 2 aliphatic rings. The molecule has 144 valence electrons. The Morgan fingerprint density at radius 3 is 2.96 bits per heavy atom. The number of nitrogens with one attached hydrogen (secondary N) is 1. The van der Waals surface area contributed by atoms with E-state index < -0.39 is 0 Å². The zero-order chi connectivity index (χ0) is 18.9. The third-order valence-electron chi connectivity index (χ3n) is 6.11. The van der Waals surface area contributed by atoms with Crippen molar-refractivity contribution in [1.29, 1.82) is 0 Å². The van der Waals surface area contributed by atoms with Crippen molar-refractivity contribution in [3.63, 3.8) is 0 Å². The lowest BCUT2D eigenvalue weighted by Crippen LogP contribution is -2.34. The summed E-state index contributed by atoms with van der Waals surface area (Å²) in [6, 6.07) is 15.5. The summed E-state index contributed by atoms with van der Waals surface area (Å²) in [5.74, 6) is 1.57. The van der Waals surface area contributed by atoms with E-state index in [9.17, 15) is 0 Å². The maximum Gasteiger partial charge on any atom is 0.122 e. The summed E-state index contributed by atoms with van der Waals surface area (Å²) in [4.78, 5) is 2.59. The lowest BCUT2D eigenvalue weighted by molar-refractivity contribution is 0.198. The van der Waals surface area contributed by atoms with Crippen LogP contribution in [-0.4, -0.2) is 34.8 Å². The molecule has 1 aromatic heterocycles. The summed E-state index contributed by atoms with van der Waals surface area (Å²) >= 11 is 0. The van der Waals surface area contributed by atoms with Gasteiger partial charge in [-0.15, -0.1) is 0 Å². The van der Waals surface area contributed by atoms with E-state index in [1.807, 2.05) is 6.20 Å². The Morgan fingerprint density at radius 1 is 1.18 bits per heavy atom. The first-order valence-corrected chi connectivity index (χ1v) is 10.3. The van der Waals surface area contributed by atoms with Crippen LogP contribution < -0.4 is 4.74 Å². The molecule has 0 amide bonds. The minimum absolute atomic E-state index is 0.505. The summed E-state index contributed by atoms with van der Waals surface area (Å²) in [6.45, 7) is 6.21. The summed E-state index contributed by atoms with van der Waals surface area (Å²) in [7, 11) is 0. The first-order chi connectivity index (χ1) is 13.8. The number of ether oxygens (including phenoxy) is 1. The lowest BCUT2D eigenvalue weighted by Gasteiger charge is -2.32. The maximum atomic E-state index is 5.65. The molecular formula is C24H27N3O. The van der Waals surface area contributed by atoms with Crippen molar-refractivity contribution < 1.29 is 4.74 Å². The molecule has 2 aliphatic heterocycles. The molecule has 28 heavy (non-hydrogen) atoms. The van der Waals surface area contributed by atoms with E-state index in [2.05, 4.69) is 64.5 Å². The van der Waals surface area contributed by atoms with Gasteiger partial charge in [0.15, 0.2) is 0 Å². The van der Waals surface area contributed by atoms with Crippen LogP contribution in [0.15, 0.2) is 48.7 Å². The van der Waals surface area contributed by atoms with Crippen LogP contribution in [0.4, 0.5) is 0 Å². The standard InChI is InChI=1S/C24H27N3O/c1-17-4-7-19(8-5-17)22-14-25-26-24(22)21-3-2-11-27(16-21)15-18-6-9-23-20(13-18)10-12-28-23/h4-9,13-14,21H,2-3,10-12,15-16H2,1H3,(H,25,26)/t21-/m0/s1. The molecule has 0 bridgehead atoms. The van der Waals surface area contributed by atoms with Gasteiger partial charge >= 0.3 is 0 Å². The first kappa shape index (κ1) is 17.5. The van der Waals surface area contributed by atoms with Gasteiger partial charge in [0.05, 0.1) is 12.8 Å². The van der Waals surface area contributed by atoms with Gasteiger partial charge in [0.25, 0.3) is 0 Å². The Balaban J connectivity index is 1.32. The highest BCUT2D eigenvalue weighted by Gasteiger charge is 2.25. The number of aromatic nitrogens is 2. The van der Waals surface area contributed by atoms with Gasteiger partial charge < -0.3 is 4.74 Å². The molecule has 1 fully saturated rings. The number of hydrogen-bond donors (Lipinski definition) is 1. The van der Waals surface area contributed by atoms with Crippen molar-refractivity contribution in [2.45, 2.75) is 38.6 Å². The molecule has 3 heterocycles. The van der Waals surface area contributed by atoms with Crippen LogP contribution in [0.2, 0.25) is 0 Å². The maximum absolute atomic E-state index is 5.65. The van der Waals surface area contributed by atoms with Gasteiger partial charge in [-0.1, -0.05) is 42.0 Å². The van der Waals surface area contributed by atoms with Gasteiger partial charge in [0.1, 0.15) is 5.75 Å². The molecule has 0 radical (unpaired) electrons. The zero-order valence-electron chi connectivity index (χ0n) is 16.4. The lowest BCUT2D eigenvalue weighted by atomic mass is 9.90. The number of aryl methyl sites for hydroxylation is 1.